The Morgan fingerprint density at radius 1 is 1.39 bits per heavy atom. The summed E-state index contributed by atoms with van der Waals surface area (Å²) in [6.07, 6.45) is 0. The second kappa shape index (κ2) is 8.18. The molecule has 2 N–H and O–H groups in total. The summed E-state index contributed by atoms with van der Waals surface area (Å²) in [6, 6.07) is 9.61. The third kappa shape index (κ3) is 7.39. The van der Waals surface area contributed by atoms with Gasteiger partial charge >= 0.3 is 0 Å². The molecule has 0 aromatic heterocycles. The molecule has 0 aliphatic heterocycles. The average Bonchev–Trinajstić information content (AvgIpc) is 2.34. The Bertz CT molecular complexity index is 387. The molecule has 1 atom stereocenters. The van der Waals surface area contributed by atoms with Crippen LogP contribution in [0.1, 0.15) is 13.8 Å². The second-order valence-electron chi connectivity index (χ2n) is 4.28. The van der Waals surface area contributed by atoms with Gasteiger partial charge in [-0.05, 0) is 29.9 Å². The van der Waals surface area contributed by atoms with Gasteiger partial charge in [-0.1, -0.05) is 43.4 Å². The molecule has 0 heterocycles. The molecule has 0 amide bonds. The van der Waals surface area contributed by atoms with Crippen LogP contribution in [0.25, 0.3) is 0 Å². The van der Waals surface area contributed by atoms with E-state index >= 15 is 0 Å². The Labute approximate surface area is 118 Å². The Hall–Kier alpha value is -0.0600. The molecule has 1 aromatic rings. The van der Waals surface area contributed by atoms with Gasteiger partial charge in [-0.2, -0.15) is 0 Å². The lowest BCUT2D eigenvalue weighted by atomic mass is 10.3. The molecule has 0 saturated heterocycles. The lowest BCUT2D eigenvalue weighted by Crippen LogP contribution is -2.17. The van der Waals surface area contributed by atoms with Crippen molar-refractivity contribution in [1.29, 1.82) is 0 Å². The van der Waals surface area contributed by atoms with Crippen molar-refractivity contribution >= 4 is 28.8 Å². The van der Waals surface area contributed by atoms with Gasteiger partial charge in [-0.3, -0.25) is 5.09 Å². The van der Waals surface area contributed by atoms with Gasteiger partial charge in [0.15, 0.2) is 5.62 Å². The maximum absolute atomic E-state index is 9.98. The third-order valence-corrected chi connectivity index (χ3v) is 7.02. The van der Waals surface area contributed by atoms with Crippen LogP contribution in [-0.4, -0.2) is 23.8 Å². The predicted molar refractivity (Wildman–Crippen MR) is 83.7 cm³/mol. The monoisotopic (exact) mass is 305 g/mol. The molecule has 1 rings (SSSR count). The van der Waals surface area contributed by atoms with E-state index in [1.807, 2.05) is 30.3 Å². The number of hydrogen-bond acceptors (Lipinski definition) is 3. The van der Waals surface area contributed by atoms with Crippen LogP contribution in [0.4, 0.5) is 0 Å². The van der Waals surface area contributed by atoms with Crippen molar-refractivity contribution in [2.75, 3.05) is 18.9 Å². The van der Waals surface area contributed by atoms with Crippen LogP contribution < -0.4 is 9.82 Å². The Morgan fingerprint density at radius 2 is 2.06 bits per heavy atom. The second-order valence-corrected chi connectivity index (χ2v) is 10.9. The summed E-state index contributed by atoms with van der Waals surface area (Å²) in [5, 5.41) is 3.00. The first-order valence-corrected chi connectivity index (χ1v) is 10.2. The zero-order chi connectivity index (χ0) is 13.4. The molecule has 0 radical (unpaired) electrons. The van der Waals surface area contributed by atoms with Crippen molar-refractivity contribution in [1.82, 2.24) is 5.09 Å². The summed E-state index contributed by atoms with van der Waals surface area (Å²) in [6.45, 7) is 5.29. The summed E-state index contributed by atoms with van der Waals surface area (Å²) in [7, 11) is 0. The van der Waals surface area contributed by atoms with Crippen LogP contribution in [-0.2, 0) is 11.8 Å². The van der Waals surface area contributed by atoms with E-state index in [1.165, 1.54) is 11.4 Å². The van der Waals surface area contributed by atoms with Crippen molar-refractivity contribution < 1.29 is 9.63 Å². The molecule has 0 saturated carbocycles. The van der Waals surface area contributed by atoms with E-state index in [4.69, 9.17) is 16.5 Å². The van der Waals surface area contributed by atoms with E-state index in [0.29, 0.717) is 19.1 Å². The van der Waals surface area contributed by atoms with Gasteiger partial charge < -0.3 is 9.63 Å². The van der Waals surface area contributed by atoms with Gasteiger partial charge in [0.05, 0.1) is 0 Å². The topological polar surface area (TPSA) is 41.5 Å². The van der Waals surface area contributed by atoms with Crippen LogP contribution in [0.3, 0.4) is 0 Å². The van der Waals surface area contributed by atoms with Crippen LogP contribution in [0, 0.1) is 5.92 Å². The standard InChI is InChI=1S/C12H20NO2PS2/c1-11(2)10-18-16(14,17)13-8-9-15-12-6-4-3-5-7-12/h3-7,11H,8-10H2,1-2H3,(H2,13,14,17). The molecular weight excluding hydrogens is 285 g/mol. The van der Waals surface area contributed by atoms with Gasteiger partial charge in [0.2, 0.25) is 0 Å². The summed E-state index contributed by atoms with van der Waals surface area (Å²) >= 11 is 6.60. The van der Waals surface area contributed by atoms with Crippen LogP contribution in [0.2, 0.25) is 0 Å². The SMILES string of the molecule is CC(C)CSP(O)(=S)NCCOc1ccccc1. The van der Waals surface area contributed by atoms with Crippen molar-refractivity contribution in [2.45, 2.75) is 13.8 Å². The number of benzene rings is 1. The highest BCUT2D eigenvalue weighted by molar-refractivity contribution is 8.68. The zero-order valence-electron chi connectivity index (χ0n) is 10.7. The highest BCUT2D eigenvalue weighted by Crippen LogP contribution is 2.51. The first-order chi connectivity index (χ1) is 8.49. The van der Waals surface area contributed by atoms with Crippen molar-refractivity contribution in [3.8, 4) is 5.75 Å². The summed E-state index contributed by atoms with van der Waals surface area (Å²) in [5.41, 5.74) is -2.45. The third-order valence-electron chi connectivity index (χ3n) is 2.01. The van der Waals surface area contributed by atoms with E-state index in [9.17, 15) is 4.89 Å². The summed E-state index contributed by atoms with van der Waals surface area (Å²) < 4.78 is 5.52. The lowest BCUT2D eigenvalue weighted by Gasteiger charge is -2.17. The van der Waals surface area contributed by atoms with E-state index in [-0.39, 0.29) is 0 Å². The van der Waals surface area contributed by atoms with Gasteiger partial charge in [0.25, 0.3) is 0 Å². The minimum atomic E-state index is -2.45. The Kier molecular flexibility index (Phi) is 7.27. The smallest absolute Gasteiger partial charge is 0.183 e. The number of ether oxygens (including phenoxy) is 1. The van der Waals surface area contributed by atoms with E-state index in [1.54, 1.807) is 0 Å². The van der Waals surface area contributed by atoms with Crippen LogP contribution in [0.5, 0.6) is 5.75 Å². The Morgan fingerprint density at radius 3 is 2.67 bits per heavy atom. The van der Waals surface area contributed by atoms with Crippen molar-refractivity contribution in [3.63, 3.8) is 0 Å². The maximum atomic E-state index is 9.98. The molecule has 1 unspecified atom stereocenters. The van der Waals surface area contributed by atoms with Gasteiger partial charge in [0, 0.05) is 12.3 Å². The molecular formula is C12H20NO2PS2. The zero-order valence-corrected chi connectivity index (χ0v) is 13.2. The highest BCUT2D eigenvalue weighted by atomic mass is 32.9. The quantitative estimate of drug-likeness (QED) is 0.570. The van der Waals surface area contributed by atoms with Gasteiger partial charge in [-0.25, -0.2) is 0 Å². The first kappa shape index (κ1) is 16.0. The Balaban J connectivity index is 2.19. The molecule has 6 heteroatoms. The molecule has 18 heavy (non-hydrogen) atoms. The fraction of sp³-hybridized carbons (Fsp3) is 0.500. The van der Waals surface area contributed by atoms with Crippen molar-refractivity contribution in [3.05, 3.63) is 30.3 Å². The molecule has 0 aliphatic rings. The number of para-hydroxylation sites is 1. The summed E-state index contributed by atoms with van der Waals surface area (Å²) in [4.78, 5) is 9.98. The van der Waals surface area contributed by atoms with Crippen LogP contribution in [0.15, 0.2) is 30.3 Å². The van der Waals surface area contributed by atoms with E-state index in [0.717, 1.165) is 11.5 Å². The lowest BCUT2D eigenvalue weighted by molar-refractivity contribution is 0.323. The maximum Gasteiger partial charge on any atom is 0.183 e. The predicted octanol–water partition coefficient (Wildman–Crippen LogP) is 3.26. The van der Waals surface area contributed by atoms with Crippen molar-refractivity contribution in [2.24, 2.45) is 5.92 Å². The highest BCUT2D eigenvalue weighted by Gasteiger charge is 2.13. The number of rotatable bonds is 8. The molecule has 3 nitrogen and oxygen atoms in total. The fourth-order valence-corrected chi connectivity index (χ4v) is 5.00. The average molecular weight is 305 g/mol. The number of nitrogens with one attached hydrogen (secondary N) is 1. The minimum absolute atomic E-state index is 0.505. The molecule has 0 bridgehead atoms. The van der Waals surface area contributed by atoms with Gasteiger partial charge in [-0.15, -0.1) is 0 Å². The molecule has 0 aliphatic carbocycles. The fourth-order valence-electron chi connectivity index (χ4n) is 1.17. The number of hydrogen-bond donors (Lipinski definition) is 2. The summed E-state index contributed by atoms with van der Waals surface area (Å²) in [5.74, 6) is 2.24. The molecule has 1 aromatic carbocycles. The largest absolute Gasteiger partial charge is 0.492 e. The molecule has 102 valence electrons. The van der Waals surface area contributed by atoms with Gasteiger partial charge in [0.1, 0.15) is 12.4 Å². The minimum Gasteiger partial charge on any atom is -0.492 e. The van der Waals surface area contributed by atoms with E-state index in [2.05, 4.69) is 18.9 Å². The first-order valence-electron chi connectivity index (χ1n) is 5.90. The molecule has 0 fully saturated rings. The normalized spacial score (nSPS) is 14.4. The molecule has 0 spiro atoms. The van der Waals surface area contributed by atoms with Crippen LogP contribution >= 0.6 is 17.0 Å². The van der Waals surface area contributed by atoms with E-state index < -0.39 is 5.62 Å².